The van der Waals surface area contributed by atoms with E-state index in [-0.39, 0.29) is 23.8 Å². The Balaban J connectivity index is 1.52. The molecule has 132 valence electrons. The minimum Gasteiger partial charge on any atom is -0.354 e. The number of hydrogen-bond acceptors (Lipinski definition) is 3. The largest absolute Gasteiger partial charge is 0.354 e. The lowest BCUT2D eigenvalue weighted by atomic mass is 9.84. The second kappa shape index (κ2) is 8.15. The van der Waals surface area contributed by atoms with Crippen LogP contribution in [-0.2, 0) is 10.2 Å². The first kappa shape index (κ1) is 18.1. The van der Waals surface area contributed by atoms with Gasteiger partial charge in [0.15, 0.2) is 0 Å². The van der Waals surface area contributed by atoms with Crippen LogP contribution in [0.4, 0.5) is 0 Å². The van der Waals surface area contributed by atoms with Crippen molar-refractivity contribution in [3.63, 3.8) is 0 Å². The fourth-order valence-corrected chi connectivity index (χ4v) is 4.75. The average Bonchev–Trinajstić information content (AvgIpc) is 3.30. The monoisotopic (exact) mass is 420 g/mol. The minimum atomic E-state index is -0.245. The van der Waals surface area contributed by atoms with Crippen molar-refractivity contribution in [2.75, 3.05) is 13.1 Å². The summed E-state index contributed by atoms with van der Waals surface area (Å²) in [5.41, 5.74) is 0.603. The Morgan fingerprint density at radius 2 is 1.92 bits per heavy atom. The van der Waals surface area contributed by atoms with E-state index in [4.69, 9.17) is 0 Å². The third-order valence-electron chi connectivity index (χ3n) is 4.72. The lowest BCUT2D eigenvalue weighted by Gasteiger charge is -2.28. The molecule has 0 bridgehead atoms. The predicted molar refractivity (Wildman–Crippen MR) is 104 cm³/mol. The van der Waals surface area contributed by atoms with Crippen molar-refractivity contribution in [3.05, 3.63) is 56.7 Å². The summed E-state index contributed by atoms with van der Waals surface area (Å²) < 4.78 is 0.837. The van der Waals surface area contributed by atoms with E-state index in [0.29, 0.717) is 12.1 Å². The summed E-state index contributed by atoms with van der Waals surface area (Å²) in [6, 6.07) is 11.3. The molecule has 1 heterocycles. The van der Waals surface area contributed by atoms with Gasteiger partial charge in [-0.2, -0.15) is 0 Å². The van der Waals surface area contributed by atoms with Crippen LogP contribution in [0.5, 0.6) is 0 Å². The van der Waals surface area contributed by atoms with E-state index in [1.165, 1.54) is 17.7 Å². The van der Waals surface area contributed by atoms with Crippen LogP contribution in [0, 0.1) is 0 Å². The van der Waals surface area contributed by atoms with Gasteiger partial charge in [0.05, 0.1) is 6.54 Å². The molecule has 1 aromatic carbocycles. The number of halogens is 1. The van der Waals surface area contributed by atoms with Crippen LogP contribution in [0.1, 0.15) is 40.9 Å². The highest BCUT2D eigenvalue weighted by Gasteiger charge is 2.36. The Labute approximate surface area is 160 Å². The molecule has 25 heavy (non-hydrogen) atoms. The molecular weight excluding hydrogens is 400 g/mol. The number of benzene rings is 1. The molecule has 2 N–H and O–H groups in total. The standard InChI is InChI=1S/C19H21BrN2O2S/c20-15-6-3-5-14(11-15)18(24)21-12-17(23)22-13-19(8-1-2-9-19)16-7-4-10-25-16/h3-7,10-11H,1-2,8-9,12-13H2,(H,21,24)(H,22,23). The Kier molecular flexibility index (Phi) is 5.91. The molecule has 1 aliphatic carbocycles. The first-order valence-corrected chi connectivity index (χ1v) is 10.1. The van der Waals surface area contributed by atoms with Crippen LogP contribution < -0.4 is 10.6 Å². The molecule has 0 saturated heterocycles. The highest BCUT2D eigenvalue weighted by molar-refractivity contribution is 9.10. The summed E-state index contributed by atoms with van der Waals surface area (Å²) >= 11 is 5.10. The first-order chi connectivity index (χ1) is 12.1. The topological polar surface area (TPSA) is 58.2 Å². The summed E-state index contributed by atoms with van der Waals surface area (Å²) in [4.78, 5) is 25.6. The van der Waals surface area contributed by atoms with E-state index in [9.17, 15) is 9.59 Å². The van der Waals surface area contributed by atoms with E-state index < -0.39 is 0 Å². The zero-order valence-electron chi connectivity index (χ0n) is 13.9. The molecule has 2 amide bonds. The van der Waals surface area contributed by atoms with Crippen molar-refractivity contribution in [3.8, 4) is 0 Å². The molecule has 1 fully saturated rings. The predicted octanol–water partition coefficient (Wildman–Crippen LogP) is 3.87. The SMILES string of the molecule is O=C(CNC(=O)c1cccc(Br)c1)NCC1(c2cccs2)CCCC1. The fraction of sp³-hybridized carbons (Fsp3) is 0.368. The van der Waals surface area contributed by atoms with E-state index in [1.807, 2.05) is 6.07 Å². The second-order valence-corrected chi connectivity index (χ2v) is 8.30. The van der Waals surface area contributed by atoms with E-state index >= 15 is 0 Å². The number of rotatable bonds is 6. The van der Waals surface area contributed by atoms with Crippen molar-refractivity contribution < 1.29 is 9.59 Å². The van der Waals surface area contributed by atoms with Crippen molar-refractivity contribution in [2.45, 2.75) is 31.1 Å². The Hall–Kier alpha value is -1.66. The fourth-order valence-electron chi connectivity index (χ4n) is 3.37. The number of carbonyl (C=O) groups excluding carboxylic acids is 2. The molecule has 3 rings (SSSR count). The third kappa shape index (κ3) is 4.50. The van der Waals surface area contributed by atoms with Gasteiger partial charge in [0.25, 0.3) is 5.91 Å². The first-order valence-electron chi connectivity index (χ1n) is 8.44. The lowest BCUT2D eigenvalue weighted by molar-refractivity contribution is -0.120. The highest BCUT2D eigenvalue weighted by atomic mass is 79.9. The van der Waals surface area contributed by atoms with Crippen molar-refractivity contribution in [1.29, 1.82) is 0 Å². The van der Waals surface area contributed by atoms with Gasteiger partial charge >= 0.3 is 0 Å². The van der Waals surface area contributed by atoms with Crippen molar-refractivity contribution in [1.82, 2.24) is 10.6 Å². The zero-order chi connectivity index (χ0) is 17.7. The average molecular weight is 421 g/mol. The molecule has 4 nitrogen and oxygen atoms in total. The van der Waals surface area contributed by atoms with Gasteiger partial charge in [-0.05, 0) is 42.5 Å². The Morgan fingerprint density at radius 3 is 2.60 bits per heavy atom. The Bertz CT molecular complexity index is 740. The molecule has 2 aromatic rings. The third-order valence-corrected chi connectivity index (χ3v) is 6.33. The van der Waals surface area contributed by atoms with Gasteiger partial charge in [-0.15, -0.1) is 11.3 Å². The summed E-state index contributed by atoms with van der Waals surface area (Å²) in [5, 5.41) is 7.79. The van der Waals surface area contributed by atoms with Gasteiger partial charge in [-0.1, -0.05) is 40.9 Å². The molecule has 0 aliphatic heterocycles. The number of carbonyl (C=O) groups is 2. The van der Waals surface area contributed by atoms with Gasteiger partial charge in [0.2, 0.25) is 5.91 Å². The molecule has 0 atom stereocenters. The molecule has 0 unspecified atom stereocenters. The summed E-state index contributed by atoms with van der Waals surface area (Å²) in [6.45, 7) is 0.630. The van der Waals surface area contributed by atoms with Gasteiger partial charge in [-0.25, -0.2) is 0 Å². The van der Waals surface area contributed by atoms with Crippen LogP contribution in [0.15, 0.2) is 46.3 Å². The van der Waals surface area contributed by atoms with Crippen LogP contribution >= 0.6 is 27.3 Å². The summed E-state index contributed by atoms with van der Waals surface area (Å²) in [5.74, 6) is -0.392. The molecule has 1 aliphatic rings. The quantitative estimate of drug-likeness (QED) is 0.744. The highest BCUT2D eigenvalue weighted by Crippen LogP contribution is 2.42. The second-order valence-electron chi connectivity index (χ2n) is 6.43. The van der Waals surface area contributed by atoms with Crippen molar-refractivity contribution >= 4 is 39.1 Å². The molecule has 1 aromatic heterocycles. The van der Waals surface area contributed by atoms with Gasteiger partial charge in [0, 0.05) is 26.9 Å². The zero-order valence-corrected chi connectivity index (χ0v) is 16.3. The molecular formula is C19H21BrN2O2S. The number of hydrogen-bond donors (Lipinski definition) is 2. The molecule has 6 heteroatoms. The van der Waals surface area contributed by atoms with Gasteiger partial charge < -0.3 is 10.6 Å². The molecule has 0 spiro atoms. The van der Waals surface area contributed by atoms with Crippen LogP contribution in [0.2, 0.25) is 0 Å². The maximum atomic E-state index is 12.2. The van der Waals surface area contributed by atoms with Gasteiger partial charge in [0.1, 0.15) is 0 Å². The Morgan fingerprint density at radius 1 is 1.12 bits per heavy atom. The number of thiophene rings is 1. The van der Waals surface area contributed by atoms with E-state index in [2.05, 4.69) is 44.1 Å². The maximum absolute atomic E-state index is 12.2. The smallest absolute Gasteiger partial charge is 0.251 e. The summed E-state index contributed by atoms with van der Waals surface area (Å²) in [6.07, 6.45) is 4.62. The van der Waals surface area contributed by atoms with E-state index in [1.54, 1.807) is 29.5 Å². The summed E-state index contributed by atoms with van der Waals surface area (Å²) in [7, 11) is 0. The maximum Gasteiger partial charge on any atom is 0.251 e. The normalized spacial score (nSPS) is 15.7. The van der Waals surface area contributed by atoms with Crippen molar-refractivity contribution in [2.24, 2.45) is 0 Å². The van der Waals surface area contributed by atoms with Crippen LogP contribution in [0.25, 0.3) is 0 Å². The minimum absolute atomic E-state index is 0.00807. The van der Waals surface area contributed by atoms with Gasteiger partial charge in [-0.3, -0.25) is 9.59 Å². The molecule has 1 saturated carbocycles. The van der Waals surface area contributed by atoms with Crippen LogP contribution in [0.3, 0.4) is 0 Å². The lowest BCUT2D eigenvalue weighted by Crippen LogP contribution is -2.43. The van der Waals surface area contributed by atoms with E-state index in [0.717, 1.165) is 17.3 Å². The number of nitrogens with one attached hydrogen (secondary N) is 2. The molecule has 0 radical (unpaired) electrons. The van der Waals surface area contributed by atoms with Crippen LogP contribution in [-0.4, -0.2) is 24.9 Å². The number of amides is 2.